The Kier molecular flexibility index (Phi) is 5.15. The zero-order valence-corrected chi connectivity index (χ0v) is 13.2. The van der Waals surface area contributed by atoms with Crippen LogP contribution in [0.1, 0.15) is 22.0 Å². The zero-order valence-electron chi connectivity index (χ0n) is 11.0. The first-order chi connectivity index (χ1) is 10.1. The molecule has 0 aliphatic heterocycles. The minimum Gasteiger partial charge on any atom is -0.409 e. The summed E-state index contributed by atoms with van der Waals surface area (Å²) >= 11 is 2.09. The van der Waals surface area contributed by atoms with E-state index in [0.29, 0.717) is 5.56 Å². The van der Waals surface area contributed by atoms with Gasteiger partial charge in [0.1, 0.15) is 6.04 Å². The Bertz CT molecular complexity index is 659. The van der Waals surface area contributed by atoms with Crippen LogP contribution in [0.3, 0.4) is 0 Å². The van der Waals surface area contributed by atoms with Crippen molar-refractivity contribution in [3.63, 3.8) is 0 Å². The van der Waals surface area contributed by atoms with Gasteiger partial charge in [0.25, 0.3) is 5.91 Å². The number of benzene rings is 2. The van der Waals surface area contributed by atoms with Crippen LogP contribution in [0.5, 0.6) is 0 Å². The molecule has 108 valence electrons. The Morgan fingerprint density at radius 3 is 2.38 bits per heavy atom. The molecule has 21 heavy (non-hydrogen) atoms. The lowest BCUT2D eigenvalue weighted by atomic mass is 10.1. The van der Waals surface area contributed by atoms with Crippen molar-refractivity contribution in [3.8, 4) is 0 Å². The topological polar surface area (TPSA) is 87.7 Å². The Labute approximate surface area is 136 Å². The van der Waals surface area contributed by atoms with E-state index in [4.69, 9.17) is 10.9 Å². The van der Waals surface area contributed by atoms with Gasteiger partial charge in [0, 0.05) is 3.57 Å². The fourth-order valence-electron chi connectivity index (χ4n) is 1.89. The van der Waals surface area contributed by atoms with Gasteiger partial charge in [0.2, 0.25) is 0 Å². The van der Waals surface area contributed by atoms with Gasteiger partial charge in [-0.25, -0.2) is 0 Å². The lowest BCUT2D eigenvalue weighted by Gasteiger charge is -2.18. The van der Waals surface area contributed by atoms with Crippen LogP contribution in [-0.2, 0) is 0 Å². The van der Waals surface area contributed by atoms with Gasteiger partial charge in [-0.15, -0.1) is 0 Å². The first kappa shape index (κ1) is 15.3. The summed E-state index contributed by atoms with van der Waals surface area (Å²) < 4.78 is 0.832. The third-order valence-corrected chi connectivity index (χ3v) is 3.88. The molecule has 0 aromatic heterocycles. The number of nitrogens with zero attached hydrogens (tertiary/aromatic N) is 1. The lowest BCUT2D eigenvalue weighted by Crippen LogP contribution is -2.38. The molecule has 0 aliphatic rings. The molecule has 0 spiro atoms. The first-order valence-electron chi connectivity index (χ1n) is 6.21. The van der Waals surface area contributed by atoms with Gasteiger partial charge in [-0.05, 0) is 40.3 Å². The Balaban J connectivity index is 2.28. The molecule has 0 aliphatic carbocycles. The second kappa shape index (κ2) is 7.07. The largest absolute Gasteiger partial charge is 0.409 e. The Morgan fingerprint density at radius 1 is 1.14 bits per heavy atom. The Hall–Kier alpha value is -2.09. The van der Waals surface area contributed by atoms with Crippen LogP contribution in [0.2, 0.25) is 0 Å². The minimum atomic E-state index is -0.681. The lowest BCUT2D eigenvalue weighted by molar-refractivity contribution is 0.0945. The van der Waals surface area contributed by atoms with Crippen LogP contribution in [0.4, 0.5) is 0 Å². The summed E-state index contributed by atoms with van der Waals surface area (Å²) in [6.07, 6.45) is 0. The maximum atomic E-state index is 12.4. The number of amidine groups is 1. The zero-order chi connectivity index (χ0) is 15.2. The SMILES string of the molecule is N/C(=N\O)C(NC(=O)c1ccccc1I)c1ccccc1. The fourth-order valence-corrected chi connectivity index (χ4v) is 2.52. The maximum absolute atomic E-state index is 12.4. The molecule has 6 heteroatoms. The predicted molar refractivity (Wildman–Crippen MR) is 89.2 cm³/mol. The fraction of sp³-hybridized carbons (Fsp3) is 0.0667. The molecule has 5 nitrogen and oxygen atoms in total. The number of carbonyl (C=O) groups is 1. The molecule has 4 N–H and O–H groups in total. The molecule has 0 saturated carbocycles. The van der Waals surface area contributed by atoms with E-state index >= 15 is 0 Å². The summed E-state index contributed by atoms with van der Waals surface area (Å²) in [5.74, 6) is -0.346. The van der Waals surface area contributed by atoms with E-state index in [1.807, 2.05) is 30.3 Å². The van der Waals surface area contributed by atoms with Crippen molar-refractivity contribution in [3.05, 3.63) is 69.3 Å². The summed E-state index contributed by atoms with van der Waals surface area (Å²) in [5.41, 5.74) is 6.99. The normalized spacial score (nSPS) is 12.7. The van der Waals surface area contributed by atoms with Crippen molar-refractivity contribution >= 4 is 34.3 Å². The smallest absolute Gasteiger partial charge is 0.253 e. The van der Waals surface area contributed by atoms with Gasteiger partial charge < -0.3 is 16.3 Å². The third-order valence-electron chi connectivity index (χ3n) is 2.94. The van der Waals surface area contributed by atoms with Gasteiger partial charge in [-0.3, -0.25) is 4.79 Å². The highest BCUT2D eigenvalue weighted by atomic mass is 127. The number of oxime groups is 1. The standard InChI is InChI=1S/C15H14IN3O2/c16-12-9-5-4-8-11(12)15(20)18-13(14(17)19-21)10-6-2-1-3-7-10/h1-9,13,21H,(H2,17,19)(H,18,20). The van der Waals surface area contributed by atoms with E-state index in [1.54, 1.807) is 24.3 Å². The van der Waals surface area contributed by atoms with E-state index in [-0.39, 0.29) is 11.7 Å². The summed E-state index contributed by atoms with van der Waals surface area (Å²) in [6.45, 7) is 0. The molecule has 1 amide bonds. The molecule has 0 saturated heterocycles. The van der Waals surface area contributed by atoms with E-state index in [0.717, 1.165) is 9.13 Å². The van der Waals surface area contributed by atoms with Crippen molar-refractivity contribution < 1.29 is 10.0 Å². The van der Waals surface area contributed by atoms with Crippen molar-refractivity contribution in [2.75, 3.05) is 0 Å². The predicted octanol–water partition coefficient (Wildman–Crippen LogP) is 2.51. The average Bonchev–Trinajstić information content (AvgIpc) is 2.53. The van der Waals surface area contributed by atoms with E-state index in [2.05, 4.69) is 33.1 Å². The highest BCUT2D eigenvalue weighted by molar-refractivity contribution is 14.1. The summed E-state index contributed by atoms with van der Waals surface area (Å²) in [7, 11) is 0. The highest BCUT2D eigenvalue weighted by Gasteiger charge is 2.20. The van der Waals surface area contributed by atoms with E-state index in [9.17, 15) is 4.79 Å². The molecule has 0 fully saturated rings. The number of amides is 1. The molecule has 1 unspecified atom stereocenters. The van der Waals surface area contributed by atoms with Crippen LogP contribution >= 0.6 is 22.6 Å². The van der Waals surface area contributed by atoms with Crippen LogP contribution in [0.15, 0.2) is 59.8 Å². The minimum absolute atomic E-state index is 0.0690. The van der Waals surface area contributed by atoms with Crippen LogP contribution in [-0.4, -0.2) is 17.0 Å². The molecular weight excluding hydrogens is 381 g/mol. The van der Waals surface area contributed by atoms with Crippen molar-refractivity contribution in [1.29, 1.82) is 0 Å². The maximum Gasteiger partial charge on any atom is 0.253 e. The number of nitrogens with one attached hydrogen (secondary N) is 1. The summed E-state index contributed by atoms with van der Waals surface area (Å²) in [5, 5.41) is 14.7. The summed E-state index contributed by atoms with van der Waals surface area (Å²) in [4.78, 5) is 12.4. The number of rotatable bonds is 4. The number of nitrogens with two attached hydrogens (primary N) is 1. The quantitative estimate of drug-likeness (QED) is 0.245. The first-order valence-corrected chi connectivity index (χ1v) is 7.29. The van der Waals surface area contributed by atoms with Crippen LogP contribution < -0.4 is 11.1 Å². The molecule has 2 aromatic carbocycles. The van der Waals surface area contributed by atoms with Gasteiger partial charge >= 0.3 is 0 Å². The molecule has 0 bridgehead atoms. The number of hydrogen-bond donors (Lipinski definition) is 3. The number of hydrogen-bond acceptors (Lipinski definition) is 3. The van der Waals surface area contributed by atoms with Crippen molar-refractivity contribution in [2.24, 2.45) is 10.9 Å². The van der Waals surface area contributed by atoms with Crippen LogP contribution in [0, 0.1) is 3.57 Å². The van der Waals surface area contributed by atoms with Gasteiger partial charge in [-0.2, -0.15) is 0 Å². The molecular formula is C15H14IN3O2. The van der Waals surface area contributed by atoms with Gasteiger partial charge in [0.05, 0.1) is 5.56 Å². The second-order valence-corrected chi connectivity index (χ2v) is 5.48. The third kappa shape index (κ3) is 3.72. The summed E-state index contributed by atoms with van der Waals surface area (Å²) in [6, 6.07) is 15.7. The molecule has 2 aromatic rings. The highest BCUT2D eigenvalue weighted by Crippen LogP contribution is 2.16. The monoisotopic (exact) mass is 395 g/mol. The second-order valence-electron chi connectivity index (χ2n) is 4.32. The number of halogens is 1. The Morgan fingerprint density at radius 2 is 1.76 bits per heavy atom. The van der Waals surface area contributed by atoms with Crippen LogP contribution in [0.25, 0.3) is 0 Å². The van der Waals surface area contributed by atoms with E-state index in [1.165, 1.54) is 0 Å². The average molecular weight is 395 g/mol. The number of carbonyl (C=O) groups excluding carboxylic acids is 1. The van der Waals surface area contributed by atoms with Gasteiger partial charge in [0.15, 0.2) is 5.84 Å². The molecule has 2 rings (SSSR count). The molecule has 0 heterocycles. The van der Waals surface area contributed by atoms with E-state index < -0.39 is 6.04 Å². The molecule has 0 radical (unpaired) electrons. The van der Waals surface area contributed by atoms with Crippen molar-refractivity contribution in [1.82, 2.24) is 5.32 Å². The van der Waals surface area contributed by atoms with Crippen molar-refractivity contribution in [2.45, 2.75) is 6.04 Å². The van der Waals surface area contributed by atoms with Gasteiger partial charge in [-0.1, -0.05) is 47.6 Å². The molecule has 1 atom stereocenters.